The van der Waals surface area contributed by atoms with Crippen LogP contribution < -0.4 is 11.3 Å². The summed E-state index contributed by atoms with van der Waals surface area (Å²) in [5.74, 6) is 5.67. The second-order valence-electron chi connectivity index (χ2n) is 3.67. The van der Waals surface area contributed by atoms with Crippen molar-refractivity contribution in [3.63, 3.8) is 0 Å². The fraction of sp³-hybridized carbons (Fsp3) is 0.167. The van der Waals surface area contributed by atoms with Crippen LogP contribution in [0.1, 0.15) is 16.5 Å². The minimum Gasteiger partial charge on any atom is -0.271 e. The van der Waals surface area contributed by atoms with Crippen LogP contribution in [0.25, 0.3) is 0 Å². The minimum absolute atomic E-state index is 0.137. The quantitative estimate of drug-likeness (QED) is 0.446. The highest BCUT2D eigenvalue weighted by Gasteiger charge is 2.14. The van der Waals surface area contributed by atoms with Gasteiger partial charge in [0, 0.05) is 19.3 Å². The largest absolute Gasteiger partial charge is 0.271 e. The second-order valence-corrected chi connectivity index (χ2v) is 6.80. The third-order valence-electron chi connectivity index (χ3n) is 2.52. The second kappa shape index (κ2) is 6.29. The molecular formula is C12H12BrIN2S. The van der Waals surface area contributed by atoms with E-state index in [4.69, 9.17) is 5.84 Å². The van der Waals surface area contributed by atoms with E-state index in [1.807, 2.05) is 0 Å². The zero-order valence-corrected chi connectivity index (χ0v) is 13.6. The fourth-order valence-electron chi connectivity index (χ4n) is 1.67. The van der Waals surface area contributed by atoms with Gasteiger partial charge in [-0.05, 0) is 57.8 Å². The van der Waals surface area contributed by atoms with Crippen LogP contribution in [0.4, 0.5) is 0 Å². The summed E-state index contributed by atoms with van der Waals surface area (Å²) in [4.78, 5) is 1.33. The molecule has 5 heteroatoms. The number of halogens is 2. The molecule has 1 heterocycles. The molecule has 1 aromatic heterocycles. The summed E-state index contributed by atoms with van der Waals surface area (Å²) in [6, 6.07) is 10.6. The molecule has 0 aliphatic rings. The minimum atomic E-state index is 0.137. The summed E-state index contributed by atoms with van der Waals surface area (Å²) < 4.78 is 2.31. The first-order valence-corrected chi connectivity index (χ1v) is 7.89. The van der Waals surface area contributed by atoms with E-state index < -0.39 is 0 Å². The van der Waals surface area contributed by atoms with Gasteiger partial charge in [0.05, 0.1) is 6.04 Å². The Labute approximate surface area is 127 Å². The van der Waals surface area contributed by atoms with Crippen LogP contribution in [-0.2, 0) is 6.42 Å². The zero-order valence-electron chi connectivity index (χ0n) is 8.99. The SMILES string of the molecule is NNC(Cc1cccs1)c1cc(I)ccc1Br. The molecule has 1 aromatic carbocycles. The lowest BCUT2D eigenvalue weighted by atomic mass is 10.0. The number of thiophene rings is 1. The van der Waals surface area contributed by atoms with E-state index >= 15 is 0 Å². The molecule has 0 aliphatic carbocycles. The molecule has 2 rings (SSSR count). The van der Waals surface area contributed by atoms with Gasteiger partial charge in [0.15, 0.2) is 0 Å². The van der Waals surface area contributed by atoms with Crippen LogP contribution in [0, 0.1) is 3.57 Å². The van der Waals surface area contributed by atoms with E-state index in [2.05, 4.69) is 79.7 Å². The molecule has 17 heavy (non-hydrogen) atoms. The number of hydrogen-bond acceptors (Lipinski definition) is 3. The molecule has 0 saturated carbocycles. The van der Waals surface area contributed by atoms with Crippen molar-refractivity contribution in [2.24, 2.45) is 5.84 Å². The summed E-state index contributed by atoms with van der Waals surface area (Å²) in [5.41, 5.74) is 4.10. The molecule has 0 spiro atoms. The van der Waals surface area contributed by atoms with Gasteiger partial charge in [0.1, 0.15) is 0 Å². The van der Waals surface area contributed by atoms with E-state index in [0.717, 1.165) is 10.9 Å². The standard InChI is InChI=1S/C12H12BrIN2S/c13-11-4-3-8(14)6-10(11)12(16-15)7-9-2-1-5-17-9/h1-6,12,16H,7,15H2. The number of hydrazine groups is 1. The Balaban J connectivity index is 2.25. The van der Waals surface area contributed by atoms with E-state index in [0.29, 0.717) is 0 Å². The summed E-state index contributed by atoms with van der Waals surface area (Å²) in [6.45, 7) is 0. The first kappa shape index (κ1) is 13.5. The van der Waals surface area contributed by atoms with E-state index in [9.17, 15) is 0 Å². The Morgan fingerprint density at radius 3 is 2.88 bits per heavy atom. The summed E-state index contributed by atoms with van der Waals surface area (Å²) in [6.07, 6.45) is 0.910. The van der Waals surface area contributed by atoms with Crippen LogP contribution in [0.5, 0.6) is 0 Å². The highest BCUT2D eigenvalue weighted by Crippen LogP contribution is 2.28. The summed E-state index contributed by atoms with van der Waals surface area (Å²) >= 11 is 7.65. The van der Waals surface area contributed by atoms with E-state index in [1.165, 1.54) is 14.0 Å². The predicted octanol–water partition coefficient (Wildman–Crippen LogP) is 3.86. The summed E-state index contributed by atoms with van der Waals surface area (Å²) in [5, 5.41) is 2.09. The molecule has 1 unspecified atom stereocenters. The Morgan fingerprint density at radius 1 is 1.41 bits per heavy atom. The molecular weight excluding hydrogens is 411 g/mol. The molecule has 0 radical (unpaired) electrons. The summed E-state index contributed by atoms with van der Waals surface area (Å²) in [7, 11) is 0. The van der Waals surface area contributed by atoms with Crippen molar-refractivity contribution in [2.75, 3.05) is 0 Å². The molecule has 1 atom stereocenters. The van der Waals surface area contributed by atoms with Crippen molar-refractivity contribution in [3.05, 3.63) is 54.2 Å². The molecule has 0 bridgehead atoms. The molecule has 0 aliphatic heterocycles. The van der Waals surface area contributed by atoms with Crippen molar-refractivity contribution < 1.29 is 0 Å². The fourth-order valence-corrected chi connectivity index (χ4v) is 3.46. The maximum atomic E-state index is 5.67. The molecule has 2 aromatic rings. The van der Waals surface area contributed by atoms with Crippen molar-refractivity contribution in [2.45, 2.75) is 12.5 Å². The van der Waals surface area contributed by atoms with Crippen LogP contribution in [0.2, 0.25) is 0 Å². The number of nitrogens with one attached hydrogen (secondary N) is 1. The maximum absolute atomic E-state index is 5.67. The van der Waals surface area contributed by atoms with Gasteiger partial charge in [-0.15, -0.1) is 11.3 Å². The third kappa shape index (κ3) is 3.51. The predicted molar refractivity (Wildman–Crippen MR) is 84.9 cm³/mol. The Kier molecular flexibility index (Phi) is 4.98. The van der Waals surface area contributed by atoms with Crippen molar-refractivity contribution in [1.29, 1.82) is 0 Å². The molecule has 0 saturated heterocycles. The van der Waals surface area contributed by atoms with Gasteiger partial charge < -0.3 is 0 Å². The molecule has 0 fully saturated rings. The van der Waals surface area contributed by atoms with Gasteiger partial charge in [-0.2, -0.15) is 0 Å². The topological polar surface area (TPSA) is 38.0 Å². The normalized spacial score (nSPS) is 12.6. The number of rotatable bonds is 4. The van der Waals surface area contributed by atoms with Crippen LogP contribution >= 0.6 is 49.9 Å². The van der Waals surface area contributed by atoms with Crippen LogP contribution in [0.15, 0.2) is 40.2 Å². The average molecular weight is 423 g/mol. The smallest absolute Gasteiger partial charge is 0.0519 e. The maximum Gasteiger partial charge on any atom is 0.0519 e. The lowest BCUT2D eigenvalue weighted by Crippen LogP contribution is -2.29. The zero-order chi connectivity index (χ0) is 12.3. The van der Waals surface area contributed by atoms with Crippen LogP contribution in [-0.4, -0.2) is 0 Å². The third-order valence-corrected chi connectivity index (χ3v) is 4.81. The lowest BCUT2D eigenvalue weighted by molar-refractivity contribution is 0.553. The number of benzene rings is 1. The van der Waals surface area contributed by atoms with Gasteiger partial charge in [-0.25, -0.2) is 0 Å². The van der Waals surface area contributed by atoms with Gasteiger partial charge >= 0.3 is 0 Å². The highest BCUT2D eigenvalue weighted by atomic mass is 127. The molecule has 0 amide bonds. The first-order chi connectivity index (χ1) is 8.20. The Hall–Kier alpha value is 0.0500. The Bertz CT molecular complexity index is 487. The van der Waals surface area contributed by atoms with Gasteiger partial charge in [-0.3, -0.25) is 11.3 Å². The molecule has 90 valence electrons. The number of nitrogens with two attached hydrogens (primary N) is 1. The van der Waals surface area contributed by atoms with Gasteiger partial charge in [0.2, 0.25) is 0 Å². The Morgan fingerprint density at radius 2 is 2.24 bits per heavy atom. The van der Waals surface area contributed by atoms with Crippen LogP contribution in [0.3, 0.4) is 0 Å². The van der Waals surface area contributed by atoms with Gasteiger partial charge in [-0.1, -0.05) is 22.0 Å². The van der Waals surface area contributed by atoms with Gasteiger partial charge in [0.25, 0.3) is 0 Å². The highest BCUT2D eigenvalue weighted by molar-refractivity contribution is 14.1. The molecule has 3 N–H and O–H groups in total. The van der Waals surface area contributed by atoms with E-state index in [-0.39, 0.29) is 6.04 Å². The van der Waals surface area contributed by atoms with Crippen molar-refractivity contribution in [3.8, 4) is 0 Å². The molecule has 2 nitrogen and oxygen atoms in total. The van der Waals surface area contributed by atoms with E-state index in [1.54, 1.807) is 11.3 Å². The first-order valence-electron chi connectivity index (χ1n) is 5.14. The number of hydrogen-bond donors (Lipinski definition) is 2. The average Bonchev–Trinajstić information content (AvgIpc) is 2.82. The van der Waals surface area contributed by atoms with Crippen molar-refractivity contribution in [1.82, 2.24) is 5.43 Å². The van der Waals surface area contributed by atoms with Crippen molar-refractivity contribution >= 4 is 49.9 Å². The lowest BCUT2D eigenvalue weighted by Gasteiger charge is -2.17. The monoisotopic (exact) mass is 422 g/mol.